The molecular weight excluding hydrogens is 302 g/mol. The maximum atomic E-state index is 5.48. The van der Waals surface area contributed by atoms with Crippen LogP contribution >= 0.6 is 0 Å². The number of hydrogen-bond donors (Lipinski definition) is 2. The number of pyridine rings is 1. The van der Waals surface area contributed by atoms with Crippen molar-refractivity contribution in [2.75, 3.05) is 13.6 Å². The fraction of sp³-hybridized carbons (Fsp3) is 0.556. The number of likely N-dealkylation sites (N-methyl/N-ethyl adjacent to an activating group) is 1. The van der Waals surface area contributed by atoms with E-state index in [1.165, 1.54) is 0 Å². The molecule has 0 radical (unpaired) electrons. The summed E-state index contributed by atoms with van der Waals surface area (Å²) in [5.41, 5.74) is 8.99. The zero-order valence-corrected chi connectivity index (χ0v) is 14.9. The molecule has 1 aliphatic rings. The lowest BCUT2D eigenvalue weighted by Crippen LogP contribution is -2.41. The summed E-state index contributed by atoms with van der Waals surface area (Å²) in [5, 5.41) is 4.16. The Morgan fingerprint density at radius 2 is 2.00 bits per heavy atom. The van der Waals surface area contributed by atoms with Gasteiger partial charge < -0.3 is 4.52 Å². The molecule has 130 valence electrons. The van der Waals surface area contributed by atoms with Crippen LogP contribution in [0, 0.1) is 5.41 Å². The van der Waals surface area contributed by atoms with Crippen molar-refractivity contribution < 1.29 is 4.52 Å². The molecule has 0 spiro atoms. The van der Waals surface area contributed by atoms with Gasteiger partial charge in [0.15, 0.2) is 5.76 Å². The average Bonchev–Trinajstić information content (AvgIpc) is 3.17. The molecule has 24 heavy (non-hydrogen) atoms. The van der Waals surface area contributed by atoms with Crippen molar-refractivity contribution >= 4 is 0 Å². The predicted octanol–water partition coefficient (Wildman–Crippen LogP) is 2.45. The molecule has 2 atom stereocenters. The van der Waals surface area contributed by atoms with Crippen LogP contribution in [0.3, 0.4) is 0 Å². The highest BCUT2D eigenvalue weighted by Gasteiger charge is 2.32. The highest BCUT2D eigenvalue weighted by molar-refractivity contribution is 5.57. The molecule has 3 heterocycles. The van der Waals surface area contributed by atoms with Crippen molar-refractivity contribution in [3.63, 3.8) is 0 Å². The second-order valence-electron chi connectivity index (χ2n) is 7.75. The Bertz CT molecular complexity index is 649. The van der Waals surface area contributed by atoms with Crippen LogP contribution in [-0.4, -0.2) is 40.7 Å². The number of aromatic nitrogens is 2. The Kier molecular flexibility index (Phi) is 4.99. The highest BCUT2D eigenvalue weighted by atomic mass is 16.5. The maximum absolute atomic E-state index is 5.48. The van der Waals surface area contributed by atoms with Gasteiger partial charge >= 0.3 is 0 Å². The fourth-order valence-electron chi connectivity index (χ4n) is 3.06. The summed E-state index contributed by atoms with van der Waals surface area (Å²) in [6.07, 6.45) is 4.66. The average molecular weight is 329 g/mol. The molecule has 0 aromatic carbocycles. The molecule has 0 bridgehead atoms. The van der Waals surface area contributed by atoms with Gasteiger partial charge in [-0.15, -0.1) is 0 Å². The topological polar surface area (TPSA) is 66.2 Å². The molecule has 0 amide bonds. The van der Waals surface area contributed by atoms with Crippen molar-refractivity contribution in [1.82, 2.24) is 25.9 Å². The number of nitrogens with zero attached hydrogens (tertiary/aromatic N) is 3. The Labute approximate surface area is 143 Å². The number of rotatable bonds is 5. The summed E-state index contributed by atoms with van der Waals surface area (Å²) in [4.78, 5) is 6.29. The van der Waals surface area contributed by atoms with Crippen molar-refractivity contribution in [3.8, 4) is 11.3 Å². The Balaban J connectivity index is 1.53. The van der Waals surface area contributed by atoms with Crippen molar-refractivity contribution in [2.45, 2.75) is 45.8 Å². The number of hydrazine groups is 1. The maximum Gasteiger partial charge on any atom is 0.151 e. The quantitative estimate of drug-likeness (QED) is 0.878. The molecule has 1 fully saturated rings. The second kappa shape index (κ2) is 7.01. The first kappa shape index (κ1) is 17.1. The molecule has 2 aromatic heterocycles. The van der Waals surface area contributed by atoms with Gasteiger partial charge in [-0.25, -0.2) is 0 Å². The lowest BCUT2D eigenvalue weighted by Gasteiger charge is -2.26. The molecular formula is C18H27N5O. The first-order valence-corrected chi connectivity index (χ1v) is 8.47. The van der Waals surface area contributed by atoms with Crippen molar-refractivity contribution in [3.05, 3.63) is 36.4 Å². The van der Waals surface area contributed by atoms with Crippen LogP contribution in [0.2, 0.25) is 0 Å². The van der Waals surface area contributed by atoms with Gasteiger partial charge in [0, 0.05) is 42.7 Å². The van der Waals surface area contributed by atoms with Crippen molar-refractivity contribution in [2.24, 2.45) is 5.41 Å². The molecule has 2 aromatic rings. The molecule has 2 unspecified atom stereocenters. The van der Waals surface area contributed by atoms with Gasteiger partial charge in [0.2, 0.25) is 0 Å². The lowest BCUT2D eigenvalue weighted by molar-refractivity contribution is 0.249. The summed E-state index contributed by atoms with van der Waals surface area (Å²) < 4.78 is 5.48. The van der Waals surface area contributed by atoms with E-state index in [0.717, 1.165) is 36.5 Å². The van der Waals surface area contributed by atoms with Gasteiger partial charge in [-0.3, -0.25) is 20.7 Å². The molecule has 6 heteroatoms. The number of nitrogens with one attached hydrogen (secondary N) is 2. The standard InChI is InChI=1S/C18H27N5O/c1-18(2,3)17-9-14(20-21-17)11-23(4)12-15-10-16(22-24-15)13-5-7-19-8-6-13/h5-8,10,14,17,20-21H,9,11-12H2,1-4H3. The molecule has 6 nitrogen and oxygen atoms in total. The van der Waals surface area contributed by atoms with E-state index in [2.05, 4.69) is 53.7 Å². The van der Waals surface area contributed by atoms with Crippen LogP contribution < -0.4 is 10.9 Å². The zero-order valence-electron chi connectivity index (χ0n) is 14.9. The third kappa shape index (κ3) is 4.20. The molecule has 0 saturated carbocycles. The predicted molar refractivity (Wildman–Crippen MR) is 94.0 cm³/mol. The second-order valence-corrected chi connectivity index (χ2v) is 7.75. The van der Waals surface area contributed by atoms with E-state index in [4.69, 9.17) is 4.52 Å². The molecule has 3 rings (SSSR count). The SMILES string of the molecule is CN(Cc1cc(-c2ccncc2)no1)CC1CC(C(C)(C)C)NN1. The minimum atomic E-state index is 0.269. The summed E-state index contributed by atoms with van der Waals surface area (Å²) in [6.45, 7) is 8.52. The largest absolute Gasteiger partial charge is 0.359 e. The Hall–Kier alpha value is -1.76. The summed E-state index contributed by atoms with van der Waals surface area (Å²) >= 11 is 0. The normalized spacial score (nSPS) is 21.5. The first-order valence-electron chi connectivity index (χ1n) is 8.47. The summed E-state index contributed by atoms with van der Waals surface area (Å²) in [7, 11) is 2.11. The smallest absolute Gasteiger partial charge is 0.151 e. The minimum absolute atomic E-state index is 0.269. The molecule has 0 aliphatic carbocycles. The number of hydrogen-bond acceptors (Lipinski definition) is 6. The highest BCUT2D eigenvalue weighted by Crippen LogP contribution is 2.25. The molecule has 1 saturated heterocycles. The third-order valence-corrected chi connectivity index (χ3v) is 4.52. The first-order chi connectivity index (χ1) is 11.4. The van der Waals surface area contributed by atoms with E-state index in [1.807, 2.05) is 18.2 Å². The van der Waals surface area contributed by atoms with Crippen LogP contribution in [0.25, 0.3) is 11.3 Å². The van der Waals surface area contributed by atoms with Gasteiger partial charge in [-0.1, -0.05) is 25.9 Å². The van der Waals surface area contributed by atoms with Gasteiger partial charge in [-0.2, -0.15) is 0 Å². The van der Waals surface area contributed by atoms with Crippen molar-refractivity contribution in [1.29, 1.82) is 0 Å². The van der Waals surface area contributed by atoms with Gasteiger partial charge in [-0.05, 0) is 31.0 Å². The van der Waals surface area contributed by atoms with Crippen LogP contribution in [0.5, 0.6) is 0 Å². The Morgan fingerprint density at radius 3 is 2.67 bits per heavy atom. The molecule has 1 aliphatic heterocycles. The lowest BCUT2D eigenvalue weighted by atomic mass is 9.84. The van der Waals surface area contributed by atoms with E-state index >= 15 is 0 Å². The van der Waals surface area contributed by atoms with Gasteiger partial charge in [0.05, 0.1) is 6.54 Å². The van der Waals surface area contributed by atoms with E-state index in [-0.39, 0.29) is 5.41 Å². The Morgan fingerprint density at radius 1 is 1.25 bits per heavy atom. The van der Waals surface area contributed by atoms with Crippen LogP contribution in [0.4, 0.5) is 0 Å². The van der Waals surface area contributed by atoms with E-state index in [1.54, 1.807) is 12.4 Å². The van der Waals surface area contributed by atoms with Gasteiger partial charge in [0.1, 0.15) is 5.69 Å². The van der Waals surface area contributed by atoms with E-state index < -0.39 is 0 Å². The van der Waals surface area contributed by atoms with Crippen LogP contribution in [0.1, 0.15) is 33.0 Å². The van der Waals surface area contributed by atoms with Gasteiger partial charge in [0.25, 0.3) is 0 Å². The minimum Gasteiger partial charge on any atom is -0.359 e. The zero-order chi connectivity index (χ0) is 17.2. The summed E-state index contributed by atoms with van der Waals surface area (Å²) in [5.74, 6) is 0.877. The van der Waals surface area contributed by atoms with Crippen LogP contribution in [-0.2, 0) is 6.54 Å². The van der Waals surface area contributed by atoms with Crippen LogP contribution in [0.15, 0.2) is 35.1 Å². The summed E-state index contributed by atoms with van der Waals surface area (Å²) in [6, 6.07) is 6.82. The third-order valence-electron chi connectivity index (χ3n) is 4.52. The molecule has 2 N–H and O–H groups in total. The van der Waals surface area contributed by atoms with E-state index in [9.17, 15) is 0 Å². The van der Waals surface area contributed by atoms with E-state index in [0.29, 0.717) is 12.1 Å². The monoisotopic (exact) mass is 329 g/mol. The fourth-order valence-corrected chi connectivity index (χ4v) is 3.06.